The van der Waals surface area contributed by atoms with Crippen LogP contribution in [0, 0.1) is 6.92 Å². The van der Waals surface area contributed by atoms with Crippen LogP contribution in [0.5, 0.6) is 0 Å². The molecular formula is C22H20N4O2S2. The Morgan fingerprint density at radius 3 is 2.63 bits per heavy atom. The number of fused-ring (bicyclic) bond motifs is 1. The number of carbonyl (C=O) groups is 2. The minimum atomic E-state index is -0.519. The van der Waals surface area contributed by atoms with E-state index in [-0.39, 0.29) is 11.8 Å². The van der Waals surface area contributed by atoms with Gasteiger partial charge < -0.3 is 9.88 Å². The molecular weight excluding hydrogens is 416 g/mol. The lowest BCUT2D eigenvalue weighted by Gasteiger charge is -2.17. The molecule has 8 heteroatoms. The molecule has 2 heterocycles. The molecule has 0 aliphatic heterocycles. The summed E-state index contributed by atoms with van der Waals surface area (Å²) >= 11 is 2.77. The maximum atomic E-state index is 13.0. The predicted molar refractivity (Wildman–Crippen MR) is 121 cm³/mol. The van der Waals surface area contributed by atoms with Crippen LogP contribution in [0.3, 0.4) is 0 Å². The number of thiazole rings is 2. The van der Waals surface area contributed by atoms with Crippen molar-refractivity contribution in [3.8, 4) is 0 Å². The molecule has 30 heavy (non-hydrogen) atoms. The number of carbonyl (C=O) groups excluding carboxylic acids is 2. The lowest BCUT2D eigenvalue weighted by molar-refractivity contribution is -0.119. The molecule has 0 radical (unpaired) electrons. The first kappa shape index (κ1) is 20.2. The van der Waals surface area contributed by atoms with Crippen LogP contribution in [0.15, 0.2) is 65.1 Å². The molecule has 0 aliphatic rings. The van der Waals surface area contributed by atoms with Crippen LogP contribution in [0.25, 0.3) is 10.2 Å². The number of anilines is 1. The van der Waals surface area contributed by atoms with Crippen molar-refractivity contribution in [2.45, 2.75) is 26.3 Å². The highest BCUT2D eigenvalue weighted by Gasteiger charge is 2.23. The van der Waals surface area contributed by atoms with Crippen molar-refractivity contribution < 1.29 is 9.59 Å². The molecule has 4 rings (SSSR count). The van der Waals surface area contributed by atoms with Crippen LogP contribution in [0.1, 0.15) is 35.3 Å². The standard InChI is InChI=1S/C22H20N4O2S2/c1-3-16(20(28)24-21-23-12-13-29-21)26-17-6-4-5-7-18(17)30-22(26)25-19(27)15-10-8-14(2)9-11-15/h4-13,16H,3H2,1-2H3,(H,23,24,28). The van der Waals surface area contributed by atoms with Gasteiger partial charge in [-0.2, -0.15) is 4.99 Å². The molecule has 0 spiro atoms. The van der Waals surface area contributed by atoms with E-state index in [0.29, 0.717) is 21.9 Å². The number of benzene rings is 2. The number of aromatic nitrogens is 2. The first-order valence-corrected chi connectivity index (χ1v) is 11.2. The molecule has 0 saturated carbocycles. The Kier molecular flexibility index (Phi) is 5.87. The van der Waals surface area contributed by atoms with Gasteiger partial charge in [-0.05, 0) is 37.6 Å². The molecule has 0 fully saturated rings. The Bertz CT molecular complexity index is 1250. The molecule has 6 nitrogen and oxygen atoms in total. The quantitative estimate of drug-likeness (QED) is 0.488. The average Bonchev–Trinajstić information content (AvgIpc) is 3.37. The van der Waals surface area contributed by atoms with Gasteiger partial charge in [-0.15, -0.1) is 11.3 Å². The molecule has 1 atom stereocenters. The number of hydrogen-bond acceptors (Lipinski definition) is 5. The zero-order chi connectivity index (χ0) is 21.1. The number of hydrogen-bond donors (Lipinski definition) is 1. The fraction of sp³-hybridized carbons (Fsp3) is 0.182. The van der Waals surface area contributed by atoms with Crippen molar-refractivity contribution in [2.75, 3.05) is 5.32 Å². The van der Waals surface area contributed by atoms with Gasteiger partial charge in [0, 0.05) is 17.1 Å². The van der Waals surface area contributed by atoms with Crippen molar-refractivity contribution in [3.05, 3.63) is 76.0 Å². The maximum absolute atomic E-state index is 13.0. The lowest BCUT2D eigenvalue weighted by Crippen LogP contribution is -2.31. The van der Waals surface area contributed by atoms with Crippen LogP contribution in [-0.4, -0.2) is 21.4 Å². The van der Waals surface area contributed by atoms with Crippen molar-refractivity contribution >= 4 is 49.8 Å². The Hall–Kier alpha value is -3.10. The molecule has 152 valence electrons. The number of nitrogens with one attached hydrogen (secondary N) is 1. The first-order valence-electron chi connectivity index (χ1n) is 9.53. The van der Waals surface area contributed by atoms with Crippen LogP contribution in [0.4, 0.5) is 5.13 Å². The molecule has 0 saturated heterocycles. The Morgan fingerprint density at radius 1 is 1.17 bits per heavy atom. The summed E-state index contributed by atoms with van der Waals surface area (Å²) in [6, 6.07) is 14.6. The Labute approximate surface area is 181 Å². The van der Waals surface area contributed by atoms with E-state index in [1.165, 1.54) is 22.7 Å². The van der Waals surface area contributed by atoms with Gasteiger partial charge in [-0.1, -0.05) is 48.1 Å². The van der Waals surface area contributed by atoms with E-state index < -0.39 is 6.04 Å². The second-order valence-corrected chi connectivity index (χ2v) is 8.66. The van der Waals surface area contributed by atoms with Gasteiger partial charge in [-0.3, -0.25) is 9.59 Å². The summed E-state index contributed by atoms with van der Waals surface area (Å²) in [5.74, 6) is -0.509. The third-order valence-electron chi connectivity index (χ3n) is 4.69. The van der Waals surface area contributed by atoms with Crippen LogP contribution in [-0.2, 0) is 4.79 Å². The van der Waals surface area contributed by atoms with Gasteiger partial charge in [-0.25, -0.2) is 4.98 Å². The lowest BCUT2D eigenvalue weighted by atomic mass is 10.1. The van der Waals surface area contributed by atoms with Gasteiger partial charge in [0.15, 0.2) is 9.93 Å². The molecule has 0 aliphatic carbocycles. The number of rotatable bonds is 5. The number of aryl methyl sites for hydroxylation is 1. The highest BCUT2D eigenvalue weighted by atomic mass is 32.1. The Balaban J connectivity index is 1.80. The van der Waals surface area contributed by atoms with Gasteiger partial charge in [0.1, 0.15) is 6.04 Å². The third kappa shape index (κ3) is 4.10. The number of para-hydroxylation sites is 1. The molecule has 1 unspecified atom stereocenters. The topological polar surface area (TPSA) is 76.3 Å². The molecule has 4 aromatic rings. The second kappa shape index (κ2) is 8.73. The normalized spacial score (nSPS) is 12.8. The summed E-state index contributed by atoms with van der Waals surface area (Å²) in [4.78, 5) is 34.9. The van der Waals surface area contributed by atoms with E-state index in [1.807, 2.05) is 60.2 Å². The SMILES string of the molecule is CCC(C(=O)Nc1nccs1)n1c(=NC(=O)c2ccc(C)cc2)sc2ccccc21. The van der Waals surface area contributed by atoms with Crippen LogP contribution >= 0.6 is 22.7 Å². The van der Waals surface area contributed by atoms with Gasteiger partial charge in [0.05, 0.1) is 10.2 Å². The zero-order valence-electron chi connectivity index (χ0n) is 16.5. The van der Waals surface area contributed by atoms with Crippen LogP contribution < -0.4 is 10.1 Å². The van der Waals surface area contributed by atoms with E-state index in [1.54, 1.807) is 18.3 Å². The first-order chi connectivity index (χ1) is 14.6. The van der Waals surface area contributed by atoms with Gasteiger partial charge >= 0.3 is 0 Å². The van der Waals surface area contributed by atoms with E-state index in [2.05, 4.69) is 15.3 Å². The average molecular weight is 437 g/mol. The second-order valence-electron chi connectivity index (χ2n) is 6.76. The minimum absolute atomic E-state index is 0.180. The minimum Gasteiger partial charge on any atom is -0.304 e. The molecule has 2 aromatic carbocycles. The molecule has 2 aromatic heterocycles. The van der Waals surface area contributed by atoms with Crippen molar-refractivity contribution in [1.82, 2.24) is 9.55 Å². The van der Waals surface area contributed by atoms with E-state index >= 15 is 0 Å². The number of amides is 2. The van der Waals surface area contributed by atoms with Crippen LogP contribution in [0.2, 0.25) is 0 Å². The van der Waals surface area contributed by atoms with E-state index in [0.717, 1.165) is 15.8 Å². The summed E-state index contributed by atoms with van der Waals surface area (Å²) < 4.78 is 2.82. The van der Waals surface area contributed by atoms with Gasteiger partial charge in [0.25, 0.3) is 5.91 Å². The van der Waals surface area contributed by atoms with Crippen molar-refractivity contribution in [3.63, 3.8) is 0 Å². The molecule has 1 N–H and O–H groups in total. The smallest absolute Gasteiger partial charge is 0.279 e. The third-order valence-corrected chi connectivity index (χ3v) is 6.42. The molecule has 2 amide bonds. The van der Waals surface area contributed by atoms with E-state index in [4.69, 9.17) is 0 Å². The monoisotopic (exact) mass is 436 g/mol. The Morgan fingerprint density at radius 2 is 1.93 bits per heavy atom. The number of nitrogens with zero attached hydrogens (tertiary/aromatic N) is 3. The summed E-state index contributed by atoms with van der Waals surface area (Å²) in [6.07, 6.45) is 2.19. The summed E-state index contributed by atoms with van der Waals surface area (Å²) in [7, 11) is 0. The molecule has 0 bridgehead atoms. The zero-order valence-corrected chi connectivity index (χ0v) is 18.2. The summed E-state index contributed by atoms with van der Waals surface area (Å²) in [5, 5.41) is 5.23. The van der Waals surface area contributed by atoms with E-state index in [9.17, 15) is 9.59 Å². The highest BCUT2D eigenvalue weighted by Crippen LogP contribution is 2.24. The maximum Gasteiger partial charge on any atom is 0.279 e. The largest absolute Gasteiger partial charge is 0.304 e. The summed E-state index contributed by atoms with van der Waals surface area (Å²) in [6.45, 7) is 3.91. The fourth-order valence-corrected chi connectivity index (χ4v) is 4.78. The highest BCUT2D eigenvalue weighted by molar-refractivity contribution is 7.16. The fourth-order valence-electron chi connectivity index (χ4n) is 3.18. The summed E-state index contributed by atoms with van der Waals surface area (Å²) in [5.41, 5.74) is 2.47. The predicted octanol–water partition coefficient (Wildman–Crippen LogP) is 4.80. The van der Waals surface area contributed by atoms with Crippen molar-refractivity contribution in [1.29, 1.82) is 0 Å². The van der Waals surface area contributed by atoms with Crippen molar-refractivity contribution in [2.24, 2.45) is 4.99 Å². The van der Waals surface area contributed by atoms with Gasteiger partial charge in [0.2, 0.25) is 5.91 Å².